The average molecular weight is 341 g/mol. The van der Waals surface area contributed by atoms with Gasteiger partial charge in [-0.1, -0.05) is 11.6 Å². The number of halogens is 1. The Bertz CT molecular complexity index is 746. The van der Waals surface area contributed by atoms with Gasteiger partial charge in [0.2, 0.25) is 10.0 Å². The summed E-state index contributed by atoms with van der Waals surface area (Å²) in [6, 6.07) is 11.1. The molecule has 0 spiro atoms. The third kappa shape index (κ3) is 4.13. The number of rotatable bonds is 6. The van der Waals surface area contributed by atoms with Gasteiger partial charge in [0.1, 0.15) is 5.75 Å². The van der Waals surface area contributed by atoms with Crippen molar-refractivity contribution < 1.29 is 13.2 Å². The Balaban J connectivity index is 2.18. The smallest absolute Gasteiger partial charge is 0.240 e. The number of nitrogens with one attached hydrogen (secondary N) is 1. The average Bonchev–Trinajstić information content (AvgIpc) is 2.48. The topological polar surface area (TPSA) is 81.4 Å². The third-order valence-electron chi connectivity index (χ3n) is 2.97. The van der Waals surface area contributed by atoms with Gasteiger partial charge in [-0.2, -0.15) is 0 Å². The standard InChI is InChI=1S/C15H17ClN2O3S/c1-2-21-15-8-3-12(16)9-11(15)10-18-22(19,20)14-6-4-13(17)5-7-14/h3-9,18H,2,10,17H2,1H3. The van der Waals surface area contributed by atoms with Crippen molar-refractivity contribution in [3.8, 4) is 5.75 Å². The van der Waals surface area contributed by atoms with E-state index in [4.69, 9.17) is 22.1 Å². The number of anilines is 1. The second-order valence-electron chi connectivity index (χ2n) is 4.58. The molecule has 0 saturated carbocycles. The van der Waals surface area contributed by atoms with Gasteiger partial charge in [-0.05, 0) is 49.4 Å². The molecular weight excluding hydrogens is 324 g/mol. The number of ether oxygens (including phenoxy) is 1. The number of nitrogens with two attached hydrogens (primary N) is 1. The van der Waals surface area contributed by atoms with E-state index in [1.54, 1.807) is 30.3 Å². The van der Waals surface area contributed by atoms with Crippen molar-refractivity contribution in [3.63, 3.8) is 0 Å². The fraction of sp³-hybridized carbons (Fsp3) is 0.200. The first-order valence-electron chi connectivity index (χ1n) is 6.69. The summed E-state index contributed by atoms with van der Waals surface area (Å²) < 4.78 is 32.5. The van der Waals surface area contributed by atoms with Crippen molar-refractivity contribution in [1.29, 1.82) is 0 Å². The second-order valence-corrected chi connectivity index (χ2v) is 6.78. The highest BCUT2D eigenvalue weighted by molar-refractivity contribution is 7.89. The highest BCUT2D eigenvalue weighted by Gasteiger charge is 2.15. The normalized spacial score (nSPS) is 11.4. The van der Waals surface area contributed by atoms with Gasteiger partial charge < -0.3 is 10.5 Å². The molecule has 0 aliphatic rings. The molecule has 3 N–H and O–H groups in total. The monoisotopic (exact) mass is 340 g/mol. The quantitative estimate of drug-likeness (QED) is 0.792. The molecule has 0 bridgehead atoms. The van der Waals surface area contributed by atoms with E-state index < -0.39 is 10.0 Å². The minimum absolute atomic E-state index is 0.0859. The van der Waals surface area contributed by atoms with Crippen molar-refractivity contribution in [2.45, 2.75) is 18.4 Å². The van der Waals surface area contributed by atoms with Gasteiger partial charge in [0, 0.05) is 22.8 Å². The fourth-order valence-corrected chi connectivity index (χ4v) is 3.09. The zero-order chi connectivity index (χ0) is 16.2. The molecule has 2 aromatic carbocycles. The van der Waals surface area contributed by atoms with Crippen LogP contribution in [0.15, 0.2) is 47.4 Å². The molecule has 0 unspecified atom stereocenters. The predicted octanol–water partition coefficient (Wildman–Crippen LogP) is 2.80. The van der Waals surface area contributed by atoms with E-state index >= 15 is 0 Å². The molecule has 0 radical (unpaired) electrons. The second kappa shape index (κ2) is 7.00. The zero-order valence-electron chi connectivity index (χ0n) is 12.0. The molecule has 0 heterocycles. The van der Waals surface area contributed by atoms with Crippen LogP contribution in [0.25, 0.3) is 0 Å². The van der Waals surface area contributed by atoms with E-state index in [-0.39, 0.29) is 11.4 Å². The maximum Gasteiger partial charge on any atom is 0.240 e. The summed E-state index contributed by atoms with van der Waals surface area (Å²) in [6.45, 7) is 2.43. The Morgan fingerprint density at radius 2 is 1.86 bits per heavy atom. The number of benzene rings is 2. The van der Waals surface area contributed by atoms with Crippen LogP contribution in [0.4, 0.5) is 5.69 Å². The summed E-state index contributed by atoms with van der Waals surface area (Å²) in [5, 5.41) is 0.519. The summed E-state index contributed by atoms with van der Waals surface area (Å²) in [7, 11) is -3.62. The van der Waals surface area contributed by atoms with Crippen molar-refractivity contribution >= 4 is 27.3 Å². The van der Waals surface area contributed by atoms with Crippen LogP contribution in [-0.4, -0.2) is 15.0 Å². The number of sulfonamides is 1. The number of hydrogen-bond acceptors (Lipinski definition) is 4. The first-order chi connectivity index (χ1) is 10.4. The lowest BCUT2D eigenvalue weighted by Crippen LogP contribution is -2.23. The van der Waals surface area contributed by atoms with Crippen molar-refractivity contribution in [1.82, 2.24) is 4.72 Å². The van der Waals surface area contributed by atoms with Crippen LogP contribution in [0.3, 0.4) is 0 Å². The molecule has 0 fully saturated rings. The van der Waals surface area contributed by atoms with E-state index in [9.17, 15) is 8.42 Å². The third-order valence-corrected chi connectivity index (χ3v) is 4.62. The van der Waals surface area contributed by atoms with Crippen molar-refractivity contribution in [2.24, 2.45) is 0 Å². The van der Waals surface area contributed by atoms with Crippen molar-refractivity contribution in [3.05, 3.63) is 53.1 Å². The van der Waals surface area contributed by atoms with Gasteiger partial charge >= 0.3 is 0 Å². The Labute approximate surface area is 135 Å². The van der Waals surface area contributed by atoms with E-state index in [1.807, 2.05) is 6.92 Å². The molecule has 0 amide bonds. The molecule has 0 aliphatic carbocycles. The first-order valence-corrected chi connectivity index (χ1v) is 8.55. The molecule has 118 valence electrons. The molecular formula is C15H17ClN2O3S. The minimum Gasteiger partial charge on any atom is -0.494 e. The van der Waals surface area contributed by atoms with Gasteiger partial charge in [0.15, 0.2) is 0 Å². The molecule has 22 heavy (non-hydrogen) atoms. The number of hydrogen-bond donors (Lipinski definition) is 2. The van der Waals surface area contributed by atoms with Crippen molar-refractivity contribution in [2.75, 3.05) is 12.3 Å². The van der Waals surface area contributed by atoms with Crippen LogP contribution in [0.2, 0.25) is 5.02 Å². The fourth-order valence-electron chi connectivity index (χ4n) is 1.89. The Kier molecular flexibility index (Phi) is 5.28. The lowest BCUT2D eigenvalue weighted by Gasteiger charge is -2.12. The summed E-state index contributed by atoms with van der Waals surface area (Å²) in [5.74, 6) is 0.604. The van der Waals surface area contributed by atoms with Gasteiger partial charge in [-0.3, -0.25) is 0 Å². The zero-order valence-corrected chi connectivity index (χ0v) is 13.6. The predicted molar refractivity (Wildman–Crippen MR) is 87.5 cm³/mol. The lowest BCUT2D eigenvalue weighted by atomic mass is 10.2. The molecule has 5 nitrogen and oxygen atoms in total. The Hall–Kier alpha value is -1.76. The van der Waals surface area contributed by atoms with Crippen LogP contribution in [0.1, 0.15) is 12.5 Å². The highest BCUT2D eigenvalue weighted by atomic mass is 35.5. The minimum atomic E-state index is -3.62. The van der Waals surface area contributed by atoms with Crippen LogP contribution < -0.4 is 15.2 Å². The van der Waals surface area contributed by atoms with E-state index in [1.165, 1.54) is 12.1 Å². The summed E-state index contributed by atoms with van der Waals surface area (Å²) in [6.07, 6.45) is 0. The van der Waals surface area contributed by atoms with Crippen LogP contribution in [0, 0.1) is 0 Å². The molecule has 0 saturated heterocycles. The summed E-state index contributed by atoms with van der Waals surface area (Å²) in [5.41, 5.74) is 6.74. The molecule has 2 aromatic rings. The highest BCUT2D eigenvalue weighted by Crippen LogP contribution is 2.23. The van der Waals surface area contributed by atoms with Crippen LogP contribution in [-0.2, 0) is 16.6 Å². The van der Waals surface area contributed by atoms with Gasteiger partial charge in [0.05, 0.1) is 11.5 Å². The Morgan fingerprint density at radius 3 is 2.50 bits per heavy atom. The molecule has 0 aromatic heterocycles. The van der Waals surface area contributed by atoms with Gasteiger partial charge in [-0.15, -0.1) is 0 Å². The maximum absolute atomic E-state index is 12.2. The van der Waals surface area contributed by atoms with E-state index in [2.05, 4.69) is 4.72 Å². The van der Waals surface area contributed by atoms with E-state index in [0.717, 1.165) is 0 Å². The maximum atomic E-state index is 12.2. The van der Waals surface area contributed by atoms with Gasteiger partial charge in [-0.25, -0.2) is 13.1 Å². The lowest BCUT2D eigenvalue weighted by molar-refractivity contribution is 0.336. The summed E-state index contributed by atoms with van der Waals surface area (Å²) in [4.78, 5) is 0.154. The number of nitrogen functional groups attached to an aromatic ring is 1. The van der Waals surface area contributed by atoms with Crippen LogP contribution in [0.5, 0.6) is 5.75 Å². The first kappa shape index (κ1) is 16.6. The molecule has 0 aliphatic heterocycles. The SMILES string of the molecule is CCOc1ccc(Cl)cc1CNS(=O)(=O)c1ccc(N)cc1. The molecule has 7 heteroatoms. The van der Waals surface area contributed by atoms with E-state index in [0.29, 0.717) is 28.6 Å². The molecule has 2 rings (SSSR count). The summed E-state index contributed by atoms with van der Waals surface area (Å²) >= 11 is 5.95. The largest absolute Gasteiger partial charge is 0.494 e. The van der Waals surface area contributed by atoms with Crippen LogP contribution >= 0.6 is 11.6 Å². The molecule has 0 atom stereocenters. The van der Waals surface area contributed by atoms with Gasteiger partial charge in [0.25, 0.3) is 0 Å². The Morgan fingerprint density at radius 1 is 1.18 bits per heavy atom.